The molecule has 1 amide bonds. The summed E-state index contributed by atoms with van der Waals surface area (Å²) in [4.78, 5) is 16.6. The molecule has 2 aliphatic rings. The Hall–Kier alpha value is -2.32. The molecule has 4 rings (SSSR count). The van der Waals surface area contributed by atoms with Crippen LogP contribution in [-0.2, 0) is 34.2 Å². The second-order valence-electron chi connectivity index (χ2n) is 7.73. The van der Waals surface area contributed by atoms with Gasteiger partial charge in [0.05, 0.1) is 11.4 Å². The quantitative estimate of drug-likeness (QED) is 0.810. The highest BCUT2D eigenvalue weighted by Gasteiger charge is 2.46. The average molecular weight is 418 g/mol. The molecule has 2 heterocycles. The van der Waals surface area contributed by atoms with Crippen LogP contribution in [0.25, 0.3) is 0 Å². The van der Waals surface area contributed by atoms with E-state index in [-0.39, 0.29) is 24.4 Å². The number of pyridine rings is 1. The van der Waals surface area contributed by atoms with Gasteiger partial charge in [-0.3, -0.25) is 9.78 Å². The van der Waals surface area contributed by atoms with Crippen molar-refractivity contribution in [2.24, 2.45) is 0 Å². The van der Waals surface area contributed by atoms with Crippen LogP contribution in [-0.4, -0.2) is 42.4 Å². The van der Waals surface area contributed by atoms with E-state index in [1.165, 1.54) is 5.56 Å². The number of carbonyl (C=O) groups is 1. The Morgan fingerprint density at radius 3 is 2.69 bits per heavy atom. The van der Waals surface area contributed by atoms with Crippen LogP contribution in [0.2, 0.25) is 0 Å². The molecule has 1 aliphatic heterocycles. The first kappa shape index (κ1) is 20.0. The highest BCUT2D eigenvalue weighted by molar-refractivity contribution is 7.89. The summed E-state index contributed by atoms with van der Waals surface area (Å²) in [5, 5.41) is 2.59. The van der Waals surface area contributed by atoms with Gasteiger partial charge in [0.2, 0.25) is 15.7 Å². The van der Waals surface area contributed by atoms with Crippen molar-refractivity contribution >= 4 is 15.9 Å². The molecule has 1 N–H and O–H groups in total. The summed E-state index contributed by atoms with van der Waals surface area (Å²) in [6.45, 7) is -0.0814. The van der Waals surface area contributed by atoms with Crippen LogP contribution in [0.5, 0.6) is 0 Å². The lowest BCUT2D eigenvalue weighted by Gasteiger charge is -2.35. The van der Waals surface area contributed by atoms with Crippen LogP contribution in [0.1, 0.15) is 36.0 Å². The van der Waals surface area contributed by atoms with Gasteiger partial charge in [-0.1, -0.05) is 6.07 Å². The van der Waals surface area contributed by atoms with E-state index in [1.54, 1.807) is 36.7 Å². The fourth-order valence-corrected chi connectivity index (χ4v) is 5.64. The van der Waals surface area contributed by atoms with Crippen molar-refractivity contribution in [3.63, 3.8) is 0 Å². The average Bonchev–Trinajstić information content (AvgIpc) is 3.20. The zero-order chi connectivity index (χ0) is 20.5. The van der Waals surface area contributed by atoms with Crippen LogP contribution >= 0.6 is 0 Å². The Kier molecular flexibility index (Phi) is 5.40. The van der Waals surface area contributed by atoms with E-state index in [4.69, 9.17) is 0 Å². The molecule has 1 aromatic heterocycles. The van der Waals surface area contributed by atoms with Crippen molar-refractivity contribution < 1.29 is 17.6 Å². The maximum atomic E-state index is 15.5. The first-order valence-electron chi connectivity index (χ1n) is 9.87. The van der Waals surface area contributed by atoms with Crippen molar-refractivity contribution in [2.75, 3.05) is 13.1 Å². The van der Waals surface area contributed by atoms with Gasteiger partial charge in [0.25, 0.3) is 5.91 Å². The molecule has 1 aromatic carbocycles. The van der Waals surface area contributed by atoms with E-state index in [9.17, 15) is 13.2 Å². The Balaban J connectivity index is 1.48. The molecule has 154 valence electrons. The van der Waals surface area contributed by atoms with E-state index < -0.39 is 28.1 Å². The Morgan fingerprint density at radius 1 is 1.14 bits per heavy atom. The number of nitrogens with zero attached hydrogens (tertiary/aromatic N) is 2. The minimum Gasteiger partial charge on any atom is -0.349 e. The molecule has 0 saturated carbocycles. The van der Waals surface area contributed by atoms with Crippen molar-refractivity contribution in [2.45, 2.75) is 49.2 Å². The lowest BCUT2D eigenvalue weighted by molar-refractivity contribution is -0.135. The van der Waals surface area contributed by atoms with Crippen molar-refractivity contribution in [1.29, 1.82) is 0 Å². The summed E-state index contributed by atoms with van der Waals surface area (Å²) in [5.41, 5.74) is 0.785. The second-order valence-corrected chi connectivity index (χ2v) is 9.67. The zero-order valence-corrected chi connectivity index (χ0v) is 16.9. The Morgan fingerprint density at radius 2 is 1.90 bits per heavy atom. The van der Waals surface area contributed by atoms with E-state index in [0.29, 0.717) is 6.42 Å². The number of aromatic nitrogens is 1. The SMILES string of the molecule is O=C(NCc1ccncc1)C1(F)CCCN(S(=O)(=O)c2ccc3c(c2)CCC3)C1. The van der Waals surface area contributed by atoms with Gasteiger partial charge in [-0.05, 0) is 73.1 Å². The minimum atomic E-state index is -3.85. The second kappa shape index (κ2) is 7.84. The molecule has 0 bridgehead atoms. The number of halogens is 1. The van der Waals surface area contributed by atoms with E-state index in [2.05, 4.69) is 10.3 Å². The fraction of sp³-hybridized carbons (Fsp3) is 0.429. The number of piperidine rings is 1. The van der Waals surface area contributed by atoms with E-state index in [0.717, 1.165) is 34.7 Å². The molecule has 0 spiro atoms. The van der Waals surface area contributed by atoms with Gasteiger partial charge in [0, 0.05) is 25.5 Å². The smallest absolute Gasteiger partial charge is 0.259 e. The molecule has 1 unspecified atom stereocenters. The summed E-state index contributed by atoms with van der Waals surface area (Å²) >= 11 is 0. The summed E-state index contributed by atoms with van der Waals surface area (Å²) in [6.07, 6.45) is 6.34. The van der Waals surface area contributed by atoms with Crippen LogP contribution in [0.4, 0.5) is 4.39 Å². The largest absolute Gasteiger partial charge is 0.349 e. The van der Waals surface area contributed by atoms with Gasteiger partial charge in [-0.2, -0.15) is 4.31 Å². The molecule has 0 radical (unpaired) electrons. The Bertz CT molecular complexity index is 1010. The summed E-state index contributed by atoms with van der Waals surface area (Å²) in [7, 11) is -3.85. The van der Waals surface area contributed by atoms with Gasteiger partial charge in [-0.15, -0.1) is 0 Å². The van der Waals surface area contributed by atoms with E-state index >= 15 is 4.39 Å². The topological polar surface area (TPSA) is 79.4 Å². The number of sulfonamides is 1. The van der Waals surface area contributed by atoms with Gasteiger partial charge < -0.3 is 5.32 Å². The number of aryl methyl sites for hydroxylation is 2. The van der Waals surface area contributed by atoms with Gasteiger partial charge in [-0.25, -0.2) is 12.8 Å². The molecule has 1 fully saturated rings. The third kappa shape index (κ3) is 4.04. The third-order valence-corrected chi connectivity index (χ3v) is 7.57. The van der Waals surface area contributed by atoms with Crippen molar-refractivity contribution in [3.8, 4) is 0 Å². The summed E-state index contributed by atoms with van der Waals surface area (Å²) < 4.78 is 42.8. The fourth-order valence-electron chi connectivity index (χ4n) is 4.06. The number of benzene rings is 1. The highest BCUT2D eigenvalue weighted by atomic mass is 32.2. The Labute approximate surface area is 170 Å². The van der Waals surface area contributed by atoms with E-state index in [1.807, 2.05) is 6.07 Å². The molecule has 1 saturated heterocycles. The first-order valence-corrected chi connectivity index (χ1v) is 11.3. The molecule has 1 atom stereocenters. The van der Waals surface area contributed by atoms with Crippen LogP contribution in [0, 0.1) is 0 Å². The number of alkyl halides is 1. The monoisotopic (exact) mass is 417 g/mol. The predicted octanol–water partition coefficient (Wildman–Crippen LogP) is 2.38. The number of nitrogens with one attached hydrogen (secondary N) is 1. The molecular weight excluding hydrogens is 393 g/mol. The number of amides is 1. The normalized spacial score (nSPS) is 22.2. The highest BCUT2D eigenvalue weighted by Crippen LogP contribution is 2.31. The standard InChI is InChI=1S/C21H24FN3O3S/c22-21(20(26)24-14-16-7-10-23-11-8-16)9-2-12-25(15-21)29(27,28)19-6-5-17-3-1-4-18(17)13-19/h5-8,10-11,13H,1-4,9,12,14-15H2,(H,24,26). The first-order chi connectivity index (χ1) is 13.9. The summed E-state index contributed by atoms with van der Waals surface area (Å²) in [5.74, 6) is -0.775. The maximum absolute atomic E-state index is 15.5. The third-order valence-electron chi connectivity index (χ3n) is 5.72. The molecule has 2 aromatic rings. The molecule has 6 nitrogen and oxygen atoms in total. The van der Waals surface area contributed by atoms with Gasteiger partial charge in [0.1, 0.15) is 0 Å². The number of fused-ring (bicyclic) bond motifs is 1. The lowest BCUT2D eigenvalue weighted by atomic mass is 9.95. The number of hydrogen-bond donors (Lipinski definition) is 1. The molecule has 1 aliphatic carbocycles. The zero-order valence-electron chi connectivity index (χ0n) is 16.1. The van der Waals surface area contributed by atoms with Crippen LogP contribution in [0.3, 0.4) is 0 Å². The minimum absolute atomic E-state index is 0.00534. The molecule has 8 heteroatoms. The number of carbonyl (C=O) groups excluding carboxylic acids is 1. The van der Waals surface area contributed by atoms with Crippen LogP contribution < -0.4 is 5.32 Å². The van der Waals surface area contributed by atoms with Crippen LogP contribution in [0.15, 0.2) is 47.6 Å². The van der Waals surface area contributed by atoms with Gasteiger partial charge >= 0.3 is 0 Å². The molecular formula is C21H24FN3O3S. The molecule has 29 heavy (non-hydrogen) atoms. The van der Waals surface area contributed by atoms with Crippen molar-refractivity contribution in [3.05, 3.63) is 59.4 Å². The predicted molar refractivity (Wildman–Crippen MR) is 106 cm³/mol. The van der Waals surface area contributed by atoms with Gasteiger partial charge in [0.15, 0.2) is 0 Å². The van der Waals surface area contributed by atoms with Crippen molar-refractivity contribution in [1.82, 2.24) is 14.6 Å². The maximum Gasteiger partial charge on any atom is 0.259 e. The number of rotatable bonds is 5. The lowest BCUT2D eigenvalue weighted by Crippen LogP contribution is -2.55. The number of hydrogen-bond acceptors (Lipinski definition) is 4. The summed E-state index contributed by atoms with van der Waals surface area (Å²) in [6, 6.07) is 8.61.